The lowest BCUT2D eigenvalue weighted by molar-refractivity contribution is 0.0871. The summed E-state index contributed by atoms with van der Waals surface area (Å²) in [6.07, 6.45) is 4.26. The average molecular weight is 277 g/mol. The number of hydrogen-bond acceptors (Lipinski definition) is 3. The van der Waals surface area contributed by atoms with Crippen molar-refractivity contribution in [2.24, 2.45) is 5.92 Å². The van der Waals surface area contributed by atoms with E-state index < -0.39 is 0 Å². The Morgan fingerprint density at radius 3 is 2.90 bits per heavy atom. The van der Waals surface area contributed by atoms with E-state index in [1.54, 1.807) is 12.1 Å². The van der Waals surface area contributed by atoms with Gasteiger partial charge in [-0.3, -0.25) is 4.79 Å². The molecule has 1 saturated carbocycles. The van der Waals surface area contributed by atoms with Crippen LogP contribution in [0.4, 0.5) is 0 Å². The third-order valence-electron chi connectivity index (χ3n) is 4.02. The number of benzene rings is 1. The minimum Gasteiger partial charge on any atom is -0.507 e. The second-order valence-corrected chi connectivity index (χ2v) is 5.60. The van der Waals surface area contributed by atoms with Crippen molar-refractivity contribution < 1.29 is 15.0 Å². The lowest BCUT2D eigenvalue weighted by Crippen LogP contribution is -2.33. The van der Waals surface area contributed by atoms with Gasteiger partial charge < -0.3 is 15.5 Å². The molecular formula is C16H23NO3. The summed E-state index contributed by atoms with van der Waals surface area (Å²) in [6.45, 7) is 2.57. The van der Waals surface area contributed by atoms with Gasteiger partial charge in [-0.15, -0.1) is 0 Å². The van der Waals surface area contributed by atoms with Crippen molar-refractivity contribution in [1.29, 1.82) is 0 Å². The number of hydrogen-bond donors (Lipinski definition) is 3. The van der Waals surface area contributed by atoms with E-state index in [2.05, 4.69) is 5.32 Å². The zero-order valence-corrected chi connectivity index (χ0v) is 11.9. The normalized spacial score (nSPS) is 22.5. The fourth-order valence-corrected chi connectivity index (χ4v) is 2.77. The number of carbonyl (C=O) groups excluding carboxylic acids is 1. The van der Waals surface area contributed by atoms with Crippen molar-refractivity contribution in [3.63, 3.8) is 0 Å². The maximum Gasteiger partial charge on any atom is 0.255 e. The third-order valence-corrected chi connectivity index (χ3v) is 4.02. The van der Waals surface area contributed by atoms with Crippen LogP contribution in [0.3, 0.4) is 0 Å². The molecule has 4 nitrogen and oxygen atoms in total. The molecule has 0 heterocycles. The molecule has 2 atom stereocenters. The van der Waals surface area contributed by atoms with Crippen LogP contribution in [-0.2, 0) is 6.42 Å². The summed E-state index contributed by atoms with van der Waals surface area (Å²) in [5.41, 5.74) is 1.36. The van der Waals surface area contributed by atoms with Gasteiger partial charge in [-0.1, -0.05) is 19.4 Å². The molecule has 0 aromatic heterocycles. The van der Waals surface area contributed by atoms with E-state index >= 15 is 0 Å². The van der Waals surface area contributed by atoms with Crippen molar-refractivity contribution in [2.45, 2.75) is 45.1 Å². The number of phenolic OH excluding ortho intramolecular Hbond substituents is 1. The minimum atomic E-state index is -0.238. The van der Waals surface area contributed by atoms with Gasteiger partial charge >= 0.3 is 0 Å². The predicted octanol–water partition coefficient (Wildman–Crippen LogP) is 2.24. The fraction of sp³-hybridized carbons (Fsp3) is 0.562. The zero-order chi connectivity index (χ0) is 14.5. The topological polar surface area (TPSA) is 69.6 Å². The number of aliphatic hydroxyl groups is 1. The summed E-state index contributed by atoms with van der Waals surface area (Å²) in [6, 6.07) is 5.13. The van der Waals surface area contributed by atoms with Gasteiger partial charge in [-0.05, 0) is 49.3 Å². The standard InChI is InChI=1S/C16H23NO3/c1-2-11-6-7-15(19)14(9-11)16(20)17-10-12-4-3-5-13(18)8-12/h6-7,9,12-13,18-19H,2-5,8,10H2,1H3,(H,17,20). The lowest BCUT2D eigenvalue weighted by atomic mass is 9.87. The molecule has 1 aliphatic rings. The summed E-state index contributed by atoms with van der Waals surface area (Å²) < 4.78 is 0. The van der Waals surface area contributed by atoms with E-state index in [0.717, 1.165) is 37.7 Å². The molecule has 1 aliphatic carbocycles. The monoisotopic (exact) mass is 277 g/mol. The summed E-state index contributed by atoms with van der Waals surface area (Å²) >= 11 is 0. The average Bonchev–Trinajstić information content (AvgIpc) is 2.45. The summed E-state index contributed by atoms with van der Waals surface area (Å²) in [7, 11) is 0. The second-order valence-electron chi connectivity index (χ2n) is 5.60. The first-order valence-corrected chi connectivity index (χ1v) is 7.38. The molecule has 3 N–H and O–H groups in total. The Labute approximate surface area is 119 Å². The Morgan fingerprint density at radius 2 is 2.20 bits per heavy atom. The molecule has 1 fully saturated rings. The molecule has 2 rings (SSSR count). The van der Waals surface area contributed by atoms with Gasteiger partial charge in [0.1, 0.15) is 5.75 Å². The number of aromatic hydroxyl groups is 1. The third kappa shape index (κ3) is 3.73. The first-order valence-electron chi connectivity index (χ1n) is 7.38. The highest BCUT2D eigenvalue weighted by molar-refractivity contribution is 5.97. The first kappa shape index (κ1) is 14.9. The molecule has 0 radical (unpaired) electrons. The Balaban J connectivity index is 1.94. The van der Waals surface area contributed by atoms with Gasteiger partial charge in [0, 0.05) is 6.54 Å². The van der Waals surface area contributed by atoms with Gasteiger partial charge in [0.25, 0.3) is 5.91 Å². The van der Waals surface area contributed by atoms with Crippen molar-refractivity contribution >= 4 is 5.91 Å². The molecule has 110 valence electrons. The number of nitrogens with one attached hydrogen (secondary N) is 1. The van der Waals surface area contributed by atoms with Crippen molar-refractivity contribution in [1.82, 2.24) is 5.32 Å². The molecule has 2 unspecified atom stereocenters. The maximum atomic E-state index is 12.1. The van der Waals surface area contributed by atoms with Crippen LogP contribution < -0.4 is 5.32 Å². The van der Waals surface area contributed by atoms with Crippen LogP contribution in [0.25, 0.3) is 0 Å². The van der Waals surface area contributed by atoms with Crippen LogP contribution in [0.2, 0.25) is 0 Å². The van der Waals surface area contributed by atoms with Gasteiger partial charge in [0.05, 0.1) is 11.7 Å². The highest BCUT2D eigenvalue weighted by Gasteiger charge is 2.21. The summed E-state index contributed by atoms with van der Waals surface area (Å²) in [5, 5.41) is 22.3. The quantitative estimate of drug-likeness (QED) is 0.790. The van der Waals surface area contributed by atoms with Crippen molar-refractivity contribution in [3.8, 4) is 5.75 Å². The summed E-state index contributed by atoms with van der Waals surface area (Å²) in [5.74, 6) is 0.112. The number of phenols is 1. The zero-order valence-electron chi connectivity index (χ0n) is 11.9. The molecule has 0 saturated heterocycles. The Bertz CT molecular complexity index is 473. The first-order chi connectivity index (χ1) is 9.60. The number of aliphatic hydroxyl groups excluding tert-OH is 1. The van der Waals surface area contributed by atoms with Crippen molar-refractivity contribution in [3.05, 3.63) is 29.3 Å². The van der Waals surface area contributed by atoms with E-state index in [4.69, 9.17) is 0 Å². The van der Waals surface area contributed by atoms with Crippen LogP contribution in [-0.4, -0.2) is 28.8 Å². The van der Waals surface area contributed by atoms with Gasteiger partial charge in [0.15, 0.2) is 0 Å². The SMILES string of the molecule is CCc1ccc(O)c(C(=O)NCC2CCCC(O)C2)c1. The van der Waals surface area contributed by atoms with Gasteiger partial charge in [-0.2, -0.15) is 0 Å². The highest BCUT2D eigenvalue weighted by atomic mass is 16.3. The lowest BCUT2D eigenvalue weighted by Gasteiger charge is -2.25. The molecule has 1 aromatic rings. The molecular weight excluding hydrogens is 254 g/mol. The number of carbonyl (C=O) groups is 1. The number of amides is 1. The molecule has 0 aliphatic heterocycles. The molecule has 1 aromatic carbocycles. The van der Waals surface area contributed by atoms with Gasteiger partial charge in [-0.25, -0.2) is 0 Å². The fourth-order valence-electron chi connectivity index (χ4n) is 2.77. The van der Waals surface area contributed by atoms with E-state index in [-0.39, 0.29) is 17.8 Å². The summed E-state index contributed by atoms with van der Waals surface area (Å²) in [4.78, 5) is 12.1. The largest absolute Gasteiger partial charge is 0.507 e. The predicted molar refractivity (Wildman–Crippen MR) is 77.8 cm³/mol. The minimum absolute atomic E-state index is 0.0170. The molecule has 0 spiro atoms. The molecule has 0 bridgehead atoms. The van der Waals surface area contributed by atoms with Crippen LogP contribution in [0, 0.1) is 5.92 Å². The van der Waals surface area contributed by atoms with E-state index in [9.17, 15) is 15.0 Å². The van der Waals surface area contributed by atoms with Crippen molar-refractivity contribution in [2.75, 3.05) is 6.54 Å². The highest BCUT2D eigenvalue weighted by Crippen LogP contribution is 2.24. The Morgan fingerprint density at radius 1 is 1.40 bits per heavy atom. The van der Waals surface area contributed by atoms with Crippen LogP contribution in [0.5, 0.6) is 5.75 Å². The number of rotatable bonds is 4. The van der Waals surface area contributed by atoms with Crippen LogP contribution in [0.15, 0.2) is 18.2 Å². The van der Waals surface area contributed by atoms with Crippen LogP contribution >= 0.6 is 0 Å². The van der Waals surface area contributed by atoms with Gasteiger partial charge in [0.2, 0.25) is 0 Å². The second kappa shape index (κ2) is 6.75. The van der Waals surface area contributed by atoms with Crippen LogP contribution in [0.1, 0.15) is 48.5 Å². The van der Waals surface area contributed by atoms with E-state index in [0.29, 0.717) is 18.0 Å². The smallest absolute Gasteiger partial charge is 0.255 e. The maximum absolute atomic E-state index is 12.1. The number of aryl methyl sites for hydroxylation is 1. The molecule has 1 amide bonds. The molecule has 4 heteroatoms. The Hall–Kier alpha value is -1.55. The van der Waals surface area contributed by atoms with E-state index in [1.165, 1.54) is 0 Å². The molecule has 20 heavy (non-hydrogen) atoms. The van der Waals surface area contributed by atoms with E-state index in [1.807, 2.05) is 13.0 Å². The Kier molecular flexibility index (Phi) is 5.01.